The van der Waals surface area contributed by atoms with Crippen molar-refractivity contribution in [3.63, 3.8) is 0 Å². The fourth-order valence-electron chi connectivity index (χ4n) is 1.94. The largest absolute Gasteiger partial charge is 0.451 e. The van der Waals surface area contributed by atoms with Crippen LogP contribution in [0.5, 0.6) is 0 Å². The number of nitrogens with two attached hydrogens (primary N) is 1. The predicted octanol–water partition coefficient (Wildman–Crippen LogP) is 2.08. The van der Waals surface area contributed by atoms with Gasteiger partial charge >= 0.3 is 5.97 Å². The van der Waals surface area contributed by atoms with Crippen molar-refractivity contribution < 1.29 is 22.7 Å². The van der Waals surface area contributed by atoms with Gasteiger partial charge in [-0.1, -0.05) is 23.7 Å². The Bertz CT molecular complexity index is 878. The minimum Gasteiger partial charge on any atom is -0.451 e. The molecule has 0 aliphatic carbocycles. The molecule has 0 saturated heterocycles. The average molecular weight is 403 g/mol. The molecule has 1 aromatic carbocycles. The number of ether oxygens (including phenoxy) is 1. The summed E-state index contributed by atoms with van der Waals surface area (Å²) < 4.78 is 27.8. The smallest absolute Gasteiger partial charge is 0.348 e. The molecule has 1 atom stereocenters. The minimum atomic E-state index is -3.76. The Morgan fingerprint density at radius 1 is 1.24 bits per heavy atom. The number of primary sulfonamides is 1. The summed E-state index contributed by atoms with van der Waals surface area (Å²) in [7, 11) is -3.76. The highest BCUT2D eigenvalue weighted by Crippen LogP contribution is 2.22. The van der Waals surface area contributed by atoms with E-state index in [0.717, 1.165) is 11.3 Å². The Labute approximate surface area is 153 Å². The first-order valence-electron chi connectivity index (χ1n) is 7.01. The molecule has 7 nitrogen and oxygen atoms in total. The number of hydrogen-bond donors (Lipinski definition) is 2. The summed E-state index contributed by atoms with van der Waals surface area (Å²) in [6.07, 6.45) is 0. The van der Waals surface area contributed by atoms with Gasteiger partial charge in [-0.15, -0.1) is 11.3 Å². The number of hydrogen-bond acceptors (Lipinski definition) is 6. The summed E-state index contributed by atoms with van der Waals surface area (Å²) in [5, 5.41) is 7.67. The SMILES string of the molecule is C[C@@H](NC(=O)COC(=O)c1ccc(Cl)s1)c1ccc(S(N)(=O)=O)cc1. The molecule has 0 spiro atoms. The van der Waals surface area contributed by atoms with Crippen LogP contribution in [0.4, 0.5) is 0 Å². The van der Waals surface area contributed by atoms with E-state index in [1.54, 1.807) is 25.1 Å². The van der Waals surface area contributed by atoms with Crippen LogP contribution in [0.1, 0.15) is 28.2 Å². The number of carbonyl (C=O) groups is 2. The molecular formula is C15H15ClN2O5S2. The van der Waals surface area contributed by atoms with Gasteiger partial charge in [-0.05, 0) is 36.8 Å². The molecule has 0 aliphatic heterocycles. The molecule has 0 aliphatic rings. The van der Waals surface area contributed by atoms with Gasteiger partial charge in [0.1, 0.15) is 4.88 Å². The lowest BCUT2D eigenvalue weighted by atomic mass is 10.1. The van der Waals surface area contributed by atoms with Gasteiger partial charge < -0.3 is 10.1 Å². The number of esters is 1. The third-order valence-corrected chi connectivity index (χ3v) is 5.34. The quantitative estimate of drug-likeness (QED) is 0.717. The van der Waals surface area contributed by atoms with Gasteiger partial charge in [-0.3, -0.25) is 4.79 Å². The molecule has 10 heteroatoms. The molecule has 2 aromatic rings. The molecule has 25 heavy (non-hydrogen) atoms. The number of carbonyl (C=O) groups excluding carboxylic acids is 2. The van der Waals surface area contributed by atoms with E-state index in [4.69, 9.17) is 21.5 Å². The number of thiophene rings is 1. The van der Waals surface area contributed by atoms with Crippen LogP contribution in [-0.4, -0.2) is 26.9 Å². The van der Waals surface area contributed by atoms with Crippen LogP contribution < -0.4 is 10.5 Å². The zero-order chi connectivity index (χ0) is 18.6. The summed E-state index contributed by atoms with van der Waals surface area (Å²) in [6, 6.07) is 8.48. The standard InChI is InChI=1S/C15H15ClN2O5S2/c1-9(10-2-4-11(5-3-10)25(17,21)22)18-14(19)8-23-15(20)12-6-7-13(16)24-12/h2-7,9H,8H2,1H3,(H,18,19)(H2,17,21,22)/t9-/m1/s1. The van der Waals surface area contributed by atoms with Crippen molar-refractivity contribution in [1.82, 2.24) is 5.32 Å². The van der Waals surface area contributed by atoms with Crippen LogP contribution in [-0.2, 0) is 19.6 Å². The van der Waals surface area contributed by atoms with Gasteiger partial charge in [0.15, 0.2) is 6.61 Å². The first kappa shape index (κ1) is 19.4. The molecule has 0 radical (unpaired) electrons. The Morgan fingerprint density at radius 2 is 1.88 bits per heavy atom. The van der Waals surface area contributed by atoms with Crippen LogP contribution in [0, 0.1) is 0 Å². The second kappa shape index (κ2) is 7.96. The fraction of sp³-hybridized carbons (Fsp3) is 0.200. The van der Waals surface area contributed by atoms with Gasteiger partial charge in [0.2, 0.25) is 10.0 Å². The van der Waals surface area contributed by atoms with E-state index in [9.17, 15) is 18.0 Å². The van der Waals surface area contributed by atoms with Crippen LogP contribution in [0.15, 0.2) is 41.3 Å². The van der Waals surface area contributed by atoms with Crippen molar-refractivity contribution in [3.05, 3.63) is 51.2 Å². The topological polar surface area (TPSA) is 116 Å². The molecule has 1 heterocycles. The molecular weight excluding hydrogens is 388 g/mol. The Morgan fingerprint density at radius 3 is 2.40 bits per heavy atom. The zero-order valence-electron chi connectivity index (χ0n) is 13.1. The zero-order valence-corrected chi connectivity index (χ0v) is 15.5. The van der Waals surface area contributed by atoms with E-state index in [2.05, 4.69) is 5.32 Å². The Balaban J connectivity index is 1.88. The molecule has 0 fully saturated rings. The van der Waals surface area contributed by atoms with E-state index in [1.807, 2.05) is 0 Å². The van der Waals surface area contributed by atoms with Gasteiger partial charge in [0, 0.05) is 0 Å². The minimum absolute atomic E-state index is 0.0154. The lowest BCUT2D eigenvalue weighted by Crippen LogP contribution is -2.31. The fourth-order valence-corrected chi connectivity index (χ4v) is 3.39. The average Bonchev–Trinajstić information content (AvgIpc) is 2.98. The van der Waals surface area contributed by atoms with Crippen molar-refractivity contribution in [1.29, 1.82) is 0 Å². The van der Waals surface area contributed by atoms with Gasteiger partial charge in [-0.25, -0.2) is 18.4 Å². The normalized spacial score (nSPS) is 12.4. The summed E-state index contributed by atoms with van der Waals surface area (Å²) >= 11 is 6.79. The lowest BCUT2D eigenvalue weighted by molar-refractivity contribution is -0.124. The summed E-state index contributed by atoms with van der Waals surface area (Å²) in [5.41, 5.74) is 0.678. The van der Waals surface area contributed by atoms with E-state index >= 15 is 0 Å². The second-order valence-corrected chi connectivity index (χ2v) is 8.36. The molecule has 1 amide bonds. The number of benzene rings is 1. The summed E-state index contributed by atoms with van der Waals surface area (Å²) in [5.74, 6) is -1.11. The highest BCUT2D eigenvalue weighted by atomic mass is 35.5. The predicted molar refractivity (Wildman–Crippen MR) is 94.0 cm³/mol. The van der Waals surface area contributed by atoms with Crippen LogP contribution in [0.3, 0.4) is 0 Å². The maximum absolute atomic E-state index is 11.9. The van der Waals surface area contributed by atoms with Gasteiger partial charge in [0.25, 0.3) is 5.91 Å². The number of nitrogens with one attached hydrogen (secondary N) is 1. The summed E-state index contributed by atoms with van der Waals surface area (Å²) in [6.45, 7) is 1.28. The van der Waals surface area contributed by atoms with Crippen molar-refractivity contribution in [3.8, 4) is 0 Å². The van der Waals surface area contributed by atoms with E-state index < -0.39 is 34.5 Å². The number of halogens is 1. The Kier molecular flexibility index (Phi) is 6.17. The number of rotatable bonds is 6. The monoisotopic (exact) mass is 402 g/mol. The highest BCUT2D eigenvalue weighted by molar-refractivity contribution is 7.89. The molecule has 0 bridgehead atoms. The maximum Gasteiger partial charge on any atom is 0.348 e. The Hall–Kier alpha value is -1.94. The molecule has 3 N–H and O–H groups in total. The van der Waals surface area contributed by atoms with Crippen LogP contribution >= 0.6 is 22.9 Å². The molecule has 0 saturated carbocycles. The summed E-state index contributed by atoms with van der Waals surface area (Å²) in [4.78, 5) is 23.9. The molecule has 1 aromatic heterocycles. The van der Waals surface area contributed by atoms with Crippen molar-refractivity contribution in [2.75, 3.05) is 6.61 Å². The number of amides is 1. The molecule has 0 unspecified atom stereocenters. The third kappa shape index (κ3) is 5.53. The number of sulfonamides is 1. The van der Waals surface area contributed by atoms with E-state index in [1.165, 1.54) is 18.2 Å². The first-order chi connectivity index (χ1) is 11.7. The first-order valence-corrected chi connectivity index (χ1v) is 9.75. The van der Waals surface area contributed by atoms with E-state index in [-0.39, 0.29) is 4.90 Å². The van der Waals surface area contributed by atoms with Crippen LogP contribution in [0.25, 0.3) is 0 Å². The van der Waals surface area contributed by atoms with Gasteiger partial charge in [-0.2, -0.15) is 0 Å². The van der Waals surface area contributed by atoms with E-state index in [0.29, 0.717) is 14.8 Å². The van der Waals surface area contributed by atoms with Crippen molar-refractivity contribution in [2.45, 2.75) is 17.9 Å². The molecule has 134 valence electrons. The lowest BCUT2D eigenvalue weighted by Gasteiger charge is -2.14. The third-order valence-electron chi connectivity index (χ3n) is 3.19. The maximum atomic E-state index is 11.9. The van der Waals surface area contributed by atoms with Gasteiger partial charge in [0.05, 0.1) is 15.3 Å². The molecule has 2 rings (SSSR count). The van der Waals surface area contributed by atoms with Crippen LogP contribution in [0.2, 0.25) is 4.34 Å². The van der Waals surface area contributed by atoms with Crippen molar-refractivity contribution >= 4 is 44.8 Å². The van der Waals surface area contributed by atoms with Crippen molar-refractivity contribution in [2.24, 2.45) is 5.14 Å². The second-order valence-electron chi connectivity index (χ2n) is 5.08. The highest BCUT2D eigenvalue weighted by Gasteiger charge is 2.15.